The molecule has 2 nitrogen and oxygen atoms in total. The quantitative estimate of drug-likeness (QED) is 0.671. The van der Waals surface area contributed by atoms with E-state index in [-0.39, 0.29) is 0 Å². The van der Waals surface area contributed by atoms with Gasteiger partial charge in [0.05, 0.1) is 6.26 Å². The maximum Gasteiger partial charge on any atom is 0.135 e. The van der Waals surface area contributed by atoms with Crippen molar-refractivity contribution in [2.24, 2.45) is 0 Å². The predicted molar refractivity (Wildman–Crippen MR) is 76.7 cm³/mol. The minimum atomic E-state index is 0.484. The molecule has 0 aliphatic heterocycles. The number of hydrogen-bond donors (Lipinski definition) is 0. The molecule has 0 bridgehead atoms. The molecule has 2 aromatic carbocycles. The van der Waals surface area contributed by atoms with Gasteiger partial charge in [-0.15, -0.1) is 0 Å². The van der Waals surface area contributed by atoms with Gasteiger partial charge in [0.1, 0.15) is 17.9 Å². The van der Waals surface area contributed by atoms with Gasteiger partial charge in [-0.25, -0.2) is 0 Å². The lowest BCUT2D eigenvalue weighted by molar-refractivity contribution is 0.306. The van der Waals surface area contributed by atoms with E-state index >= 15 is 0 Å². The van der Waals surface area contributed by atoms with E-state index in [9.17, 15) is 0 Å². The lowest BCUT2D eigenvalue weighted by Gasteiger charge is -2.05. The zero-order chi connectivity index (χ0) is 13.2. The Bertz CT molecular complexity index is 698. The van der Waals surface area contributed by atoms with Gasteiger partial charge in [-0.1, -0.05) is 29.3 Å². The summed E-state index contributed by atoms with van der Waals surface area (Å²) in [6.07, 6.45) is 1.72. The summed E-state index contributed by atoms with van der Waals surface area (Å²) in [4.78, 5) is 0. The van der Waals surface area contributed by atoms with E-state index in [0.717, 1.165) is 22.3 Å². The van der Waals surface area contributed by atoms with Crippen LogP contribution in [0.4, 0.5) is 0 Å². The van der Waals surface area contributed by atoms with Crippen molar-refractivity contribution in [1.82, 2.24) is 0 Å². The molecule has 3 rings (SSSR count). The monoisotopic (exact) mass is 272 g/mol. The molecule has 0 spiro atoms. The van der Waals surface area contributed by atoms with Gasteiger partial charge in [0.25, 0.3) is 0 Å². The number of halogens is 1. The fourth-order valence-corrected chi connectivity index (χ4v) is 2.13. The largest absolute Gasteiger partial charge is 0.489 e. The van der Waals surface area contributed by atoms with Crippen LogP contribution >= 0.6 is 11.6 Å². The number of aryl methyl sites for hydroxylation is 1. The summed E-state index contributed by atoms with van der Waals surface area (Å²) in [5, 5.41) is 1.71. The molecule has 19 heavy (non-hydrogen) atoms. The first-order valence-electron chi connectivity index (χ1n) is 6.07. The van der Waals surface area contributed by atoms with Crippen LogP contribution < -0.4 is 4.74 Å². The molecule has 96 valence electrons. The second kappa shape index (κ2) is 4.98. The van der Waals surface area contributed by atoms with Gasteiger partial charge in [0.2, 0.25) is 0 Å². The molecule has 0 unspecified atom stereocenters. The third-order valence-electron chi connectivity index (χ3n) is 3.03. The highest BCUT2D eigenvalue weighted by atomic mass is 35.5. The van der Waals surface area contributed by atoms with Crippen LogP contribution in [0.15, 0.2) is 53.1 Å². The Balaban J connectivity index is 1.80. The highest BCUT2D eigenvalue weighted by Crippen LogP contribution is 2.25. The maximum absolute atomic E-state index is 5.92. The Labute approximate surface area is 116 Å². The van der Waals surface area contributed by atoms with Gasteiger partial charge in [-0.3, -0.25) is 0 Å². The molecule has 3 aromatic rings. The van der Waals surface area contributed by atoms with E-state index in [4.69, 9.17) is 20.8 Å². The standard InChI is InChI=1S/C16H13ClO2/c1-11-2-5-14(6-3-11)18-9-12-10-19-16-8-13(17)4-7-15(12)16/h2-8,10H,9H2,1H3. The number of fused-ring (bicyclic) bond motifs is 1. The van der Waals surface area contributed by atoms with E-state index in [1.807, 2.05) is 42.5 Å². The molecule has 0 atom stereocenters. The minimum Gasteiger partial charge on any atom is -0.489 e. The zero-order valence-electron chi connectivity index (χ0n) is 10.5. The molecule has 0 fully saturated rings. The lowest BCUT2D eigenvalue weighted by Crippen LogP contribution is -1.94. The van der Waals surface area contributed by atoms with Crippen LogP contribution in [-0.4, -0.2) is 0 Å². The molecule has 3 heteroatoms. The topological polar surface area (TPSA) is 22.4 Å². The van der Waals surface area contributed by atoms with Gasteiger partial charge in [-0.2, -0.15) is 0 Å². The van der Waals surface area contributed by atoms with Crippen molar-refractivity contribution in [3.05, 3.63) is 64.9 Å². The molecule has 0 saturated heterocycles. The maximum atomic E-state index is 5.92. The Morgan fingerprint density at radius 1 is 1.11 bits per heavy atom. The number of ether oxygens (including phenoxy) is 1. The third-order valence-corrected chi connectivity index (χ3v) is 3.27. The molecular weight excluding hydrogens is 260 g/mol. The Hall–Kier alpha value is -1.93. The van der Waals surface area contributed by atoms with Crippen LogP contribution in [-0.2, 0) is 6.61 Å². The normalized spacial score (nSPS) is 10.8. The first-order chi connectivity index (χ1) is 9.22. The van der Waals surface area contributed by atoms with Crippen molar-refractivity contribution in [3.8, 4) is 5.75 Å². The molecule has 0 aliphatic carbocycles. The van der Waals surface area contributed by atoms with Crippen LogP contribution in [0.2, 0.25) is 5.02 Å². The summed E-state index contributed by atoms with van der Waals surface area (Å²) in [6.45, 7) is 2.54. The van der Waals surface area contributed by atoms with E-state index in [1.54, 1.807) is 6.26 Å². The number of rotatable bonds is 3. The van der Waals surface area contributed by atoms with Crippen molar-refractivity contribution in [1.29, 1.82) is 0 Å². The summed E-state index contributed by atoms with van der Waals surface area (Å²) in [7, 11) is 0. The Morgan fingerprint density at radius 2 is 1.89 bits per heavy atom. The number of furan rings is 1. The van der Waals surface area contributed by atoms with Crippen LogP contribution in [0.5, 0.6) is 5.75 Å². The first kappa shape index (κ1) is 12.1. The molecule has 0 radical (unpaired) electrons. The number of benzene rings is 2. The molecule has 1 heterocycles. The van der Waals surface area contributed by atoms with Gasteiger partial charge in [0.15, 0.2) is 0 Å². The van der Waals surface area contributed by atoms with Crippen molar-refractivity contribution in [3.63, 3.8) is 0 Å². The summed E-state index contributed by atoms with van der Waals surface area (Å²) < 4.78 is 11.2. The van der Waals surface area contributed by atoms with E-state index < -0.39 is 0 Å². The van der Waals surface area contributed by atoms with Crippen molar-refractivity contribution in [2.75, 3.05) is 0 Å². The molecule has 0 aliphatic rings. The summed E-state index contributed by atoms with van der Waals surface area (Å²) in [5.74, 6) is 0.855. The summed E-state index contributed by atoms with van der Waals surface area (Å²) >= 11 is 5.92. The van der Waals surface area contributed by atoms with Crippen molar-refractivity contribution >= 4 is 22.6 Å². The third kappa shape index (κ3) is 2.59. The van der Waals surface area contributed by atoms with Crippen LogP contribution in [0, 0.1) is 6.92 Å². The zero-order valence-corrected chi connectivity index (χ0v) is 11.3. The smallest absolute Gasteiger partial charge is 0.135 e. The van der Waals surface area contributed by atoms with Gasteiger partial charge < -0.3 is 9.15 Å². The Kier molecular flexibility index (Phi) is 3.18. The van der Waals surface area contributed by atoms with Gasteiger partial charge in [-0.05, 0) is 37.3 Å². The number of hydrogen-bond acceptors (Lipinski definition) is 2. The van der Waals surface area contributed by atoms with E-state index in [0.29, 0.717) is 11.6 Å². The average molecular weight is 273 g/mol. The first-order valence-corrected chi connectivity index (χ1v) is 6.45. The molecule has 0 N–H and O–H groups in total. The van der Waals surface area contributed by atoms with E-state index in [2.05, 4.69) is 6.92 Å². The predicted octanol–water partition coefficient (Wildman–Crippen LogP) is 4.97. The fourth-order valence-electron chi connectivity index (χ4n) is 1.96. The average Bonchev–Trinajstić information content (AvgIpc) is 2.80. The molecule has 1 aromatic heterocycles. The second-order valence-electron chi connectivity index (χ2n) is 4.50. The highest BCUT2D eigenvalue weighted by Gasteiger charge is 2.07. The highest BCUT2D eigenvalue weighted by molar-refractivity contribution is 6.31. The van der Waals surface area contributed by atoms with E-state index in [1.165, 1.54) is 5.56 Å². The molecular formula is C16H13ClO2. The van der Waals surface area contributed by atoms with Gasteiger partial charge in [0, 0.05) is 16.0 Å². The van der Waals surface area contributed by atoms with Gasteiger partial charge >= 0.3 is 0 Å². The Morgan fingerprint density at radius 3 is 2.68 bits per heavy atom. The summed E-state index contributed by atoms with van der Waals surface area (Å²) in [5.41, 5.74) is 3.03. The van der Waals surface area contributed by atoms with Crippen LogP contribution in [0.3, 0.4) is 0 Å². The van der Waals surface area contributed by atoms with Crippen molar-refractivity contribution < 1.29 is 9.15 Å². The van der Waals surface area contributed by atoms with Crippen LogP contribution in [0.25, 0.3) is 11.0 Å². The summed E-state index contributed by atoms with van der Waals surface area (Å²) in [6, 6.07) is 13.6. The SMILES string of the molecule is Cc1ccc(OCc2coc3cc(Cl)ccc23)cc1. The molecule has 0 amide bonds. The minimum absolute atomic E-state index is 0.484. The second-order valence-corrected chi connectivity index (χ2v) is 4.94. The van der Waals surface area contributed by atoms with Crippen molar-refractivity contribution in [2.45, 2.75) is 13.5 Å². The van der Waals surface area contributed by atoms with Crippen LogP contribution in [0.1, 0.15) is 11.1 Å². The fraction of sp³-hybridized carbons (Fsp3) is 0.125. The molecule has 0 saturated carbocycles. The lowest BCUT2D eigenvalue weighted by atomic mass is 10.2.